The lowest BCUT2D eigenvalue weighted by molar-refractivity contribution is -0.0103. The second-order valence-electron chi connectivity index (χ2n) is 5.73. The van der Waals surface area contributed by atoms with Crippen molar-refractivity contribution in [3.8, 4) is 0 Å². The number of nitrogens with two attached hydrogens (primary N) is 1. The fourth-order valence-electron chi connectivity index (χ4n) is 2.55. The molecule has 3 heteroatoms. The highest BCUT2D eigenvalue weighted by Gasteiger charge is 2.26. The normalized spacial score (nSPS) is 22.3. The maximum Gasteiger partial charge on any atom is 0.0637 e. The average molecular weight is 228 g/mol. The lowest BCUT2D eigenvalue weighted by Crippen LogP contribution is -2.44. The van der Waals surface area contributed by atoms with Crippen LogP contribution in [0, 0.1) is 5.92 Å². The predicted molar refractivity (Wildman–Crippen MR) is 68.5 cm³/mol. The van der Waals surface area contributed by atoms with Crippen molar-refractivity contribution in [3.05, 3.63) is 0 Å². The first-order valence-corrected chi connectivity index (χ1v) is 6.48. The summed E-state index contributed by atoms with van der Waals surface area (Å²) in [5, 5.41) is 0. The van der Waals surface area contributed by atoms with Crippen LogP contribution in [-0.2, 0) is 4.74 Å². The van der Waals surface area contributed by atoms with Crippen LogP contribution in [0.25, 0.3) is 0 Å². The summed E-state index contributed by atoms with van der Waals surface area (Å²) in [4.78, 5) is 2.58. The Bertz CT molecular complexity index is 198. The highest BCUT2D eigenvalue weighted by molar-refractivity contribution is 4.81. The average Bonchev–Trinajstić information content (AvgIpc) is 2.28. The molecule has 0 spiro atoms. The molecule has 0 aliphatic carbocycles. The molecule has 1 rings (SSSR count). The van der Waals surface area contributed by atoms with E-state index in [9.17, 15) is 0 Å². The topological polar surface area (TPSA) is 38.5 Å². The first-order valence-electron chi connectivity index (χ1n) is 6.48. The molecular weight excluding hydrogens is 200 g/mol. The molecular formula is C13H28N2O. The first-order chi connectivity index (χ1) is 7.48. The van der Waals surface area contributed by atoms with Gasteiger partial charge in [0.05, 0.1) is 5.60 Å². The quantitative estimate of drug-likeness (QED) is 0.780. The molecule has 0 aromatic heterocycles. The molecule has 1 fully saturated rings. The molecule has 0 aromatic carbocycles. The van der Waals surface area contributed by atoms with Crippen molar-refractivity contribution in [1.82, 2.24) is 4.90 Å². The summed E-state index contributed by atoms with van der Waals surface area (Å²) < 4.78 is 5.49. The molecule has 0 aromatic rings. The van der Waals surface area contributed by atoms with E-state index in [1.54, 1.807) is 7.11 Å². The number of methoxy groups -OCH3 is 1. The zero-order valence-corrected chi connectivity index (χ0v) is 11.3. The Morgan fingerprint density at radius 3 is 2.38 bits per heavy atom. The van der Waals surface area contributed by atoms with Crippen LogP contribution in [0.1, 0.15) is 40.0 Å². The zero-order chi connectivity index (χ0) is 12.2. The van der Waals surface area contributed by atoms with Crippen molar-refractivity contribution in [2.24, 2.45) is 11.7 Å². The Morgan fingerprint density at radius 2 is 1.94 bits per heavy atom. The van der Waals surface area contributed by atoms with Gasteiger partial charge in [0.1, 0.15) is 0 Å². The van der Waals surface area contributed by atoms with Crippen molar-refractivity contribution >= 4 is 0 Å². The summed E-state index contributed by atoms with van der Waals surface area (Å²) >= 11 is 0. The van der Waals surface area contributed by atoms with Gasteiger partial charge in [-0.1, -0.05) is 0 Å². The summed E-state index contributed by atoms with van der Waals surface area (Å²) in [5.41, 5.74) is 5.70. The molecule has 1 atom stereocenters. The smallest absolute Gasteiger partial charge is 0.0637 e. The Hall–Kier alpha value is -0.120. The van der Waals surface area contributed by atoms with Crippen LogP contribution in [0.4, 0.5) is 0 Å². The maximum atomic E-state index is 5.71. The SMILES string of the molecule is COC(C)(C)CC(C)N1CCC(CN)CC1. The highest BCUT2D eigenvalue weighted by atomic mass is 16.5. The summed E-state index contributed by atoms with van der Waals surface area (Å²) in [5.74, 6) is 0.749. The van der Waals surface area contributed by atoms with Crippen LogP contribution in [0.3, 0.4) is 0 Å². The van der Waals surface area contributed by atoms with Crippen LogP contribution < -0.4 is 5.73 Å². The number of hydrogen-bond donors (Lipinski definition) is 1. The lowest BCUT2D eigenvalue weighted by Gasteiger charge is -2.38. The lowest BCUT2D eigenvalue weighted by atomic mass is 9.93. The van der Waals surface area contributed by atoms with Gasteiger partial charge in [-0.05, 0) is 65.6 Å². The van der Waals surface area contributed by atoms with E-state index in [0.717, 1.165) is 18.9 Å². The molecule has 3 nitrogen and oxygen atoms in total. The fourth-order valence-corrected chi connectivity index (χ4v) is 2.55. The number of hydrogen-bond acceptors (Lipinski definition) is 3. The molecule has 0 amide bonds. The fraction of sp³-hybridized carbons (Fsp3) is 1.00. The third kappa shape index (κ3) is 4.04. The summed E-state index contributed by atoms with van der Waals surface area (Å²) in [6, 6.07) is 0.605. The Kier molecular flexibility index (Phi) is 5.22. The van der Waals surface area contributed by atoms with Crippen LogP contribution in [0.15, 0.2) is 0 Å². The molecule has 1 unspecified atom stereocenters. The molecule has 1 aliphatic rings. The van der Waals surface area contributed by atoms with Gasteiger partial charge in [-0.3, -0.25) is 0 Å². The van der Waals surface area contributed by atoms with Gasteiger partial charge in [0.2, 0.25) is 0 Å². The van der Waals surface area contributed by atoms with E-state index in [1.807, 2.05) is 0 Å². The summed E-state index contributed by atoms with van der Waals surface area (Å²) in [6.45, 7) is 9.88. The summed E-state index contributed by atoms with van der Waals surface area (Å²) in [7, 11) is 1.80. The zero-order valence-electron chi connectivity index (χ0n) is 11.3. The molecule has 0 saturated carbocycles. The molecule has 2 N–H and O–H groups in total. The van der Waals surface area contributed by atoms with Gasteiger partial charge >= 0.3 is 0 Å². The van der Waals surface area contributed by atoms with Crippen LogP contribution in [0.5, 0.6) is 0 Å². The standard InChI is InChI=1S/C13H28N2O/c1-11(9-13(2,3)16-4)15-7-5-12(10-14)6-8-15/h11-12H,5-10,14H2,1-4H3. The van der Waals surface area contributed by atoms with Gasteiger partial charge in [-0.25, -0.2) is 0 Å². The van der Waals surface area contributed by atoms with Crippen LogP contribution in [-0.4, -0.2) is 43.3 Å². The summed E-state index contributed by atoms with van der Waals surface area (Å²) in [6.07, 6.45) is 3.61. The van der Waals surface area contributed by atoms with Gasteiger partial charge in [-0.15, -0.1) is 0 Å². The van der Waals surface area contributed by atoms with Crippen LogP contribution >= 0.6 is 0 Å². The van der Waals surface area contributed by atoms with Crippen molar-refractivity contribution in [2.45, 2.75) is 51.7 Å². The van der Waals surface area contributed by atoms with E-state index in [4.69, 9.17) is 10.5 Å². The number of rotatable bonds is 5. The van der Waals surface area contributed by atoms with Crippen molar-refractivity contribution in [3.63, 3.8) is 0 Å². The Morgan fingerprint density at radius 1 is 1.38 bits per heavy atom. The Balaban J connectivity index is 2.36. The minimum absolute atomic E-state index is 0.00979. The minimum Gasteiger partial charge on any atom is -0.379 e. The van der Waals surface area contributed by atoms with Gasteiger partial charge in [0, 0.05) is 13.2 Å². The van der Waals surface area contributed by atoms with E-state index in [1.165, 1.54) is 25.9 Å². The first kappa shape index (κ1) is 13.9. The second kappa shape index (κ2) is 5.99. The van der Waals surface area contributed by atoms with Gasteiger partial charge in [0.25, 0.3) is 0 Å². The third-order valence-corrected chi connectivity index (χ3v) is 3.95. The maximum absolute atomic E-state index is 5.71. The van der Waals surface area contributed by atoms with Crippen LogP contribution in [0.2, 0.25) is 0 Å². The molecule has 1 aliphatic heterocycles. The van der Waals surface area contributed by atoms with E-state index in [-0.39, 0.29) is 5.60 Å². The number of nitrogens with zero attached hydrogens (tertiary/aromatic N) is 1. The molecule has 0 bridgehead atoms. The third-order valence-electron chi connectivity index (χ3n) is 3.95. The van der Waals surface area contributed by atoms with E-state index in [0.29, 0.717) is 6.04 Å². The van der Waals surface area contributed by atoms with Gasteiger partial charge in [-0.2, -0.15) is 0 Å². The number of likely N-dealkylation sites (tertiary alicyclic amines) is 1. The second-order valence-corrected chi connectivity index (χ2v) is 5.73. The largest absolute Gasteiger partial charge is 0.379 e. The highest BCUT2D eigenvalue weighted by Crippen LogP contribution is 2.23. The van der Waals surface area contributed by atoms with E-state index >= 15 is 0 Å². The molecule has 16 heavy (non-hydrogen) atoms. The number of piperidine rings is 1. The van der Waals surface area contributed by atoms with Crippen molar-refractivity contribution in [1.29, 1.82) is 0 Å². The predicted octanol–water partition coefficient (Wildman–Crippen LogP) is 1.86. The molecule has 1 saturated heterocycles. The van der Waals surface area contributed by atoms with E-state index < -0.39 is 0 Å². The van der Waals surface area contributed by atoms with Crippen molar-refractivity contribution < 1.29 is 4.74 Å². The molecule has 96 valence electrons. The van der Waals surface area contributed by atoms with Gasteiger partial charge < -0.3 is 15.4 Å². The van der Waals surface area contributed by atoms with E-state index in [2.05, 4.69) is 25.7 Å². The minimum atomic E-state index is -0.00979. The molecule has 0 radical (unpaired) electrons. The monoisotopic (exact) mass is 228 g/mol. The molecule has 1 heterocycles. The Labute approximate surface area is 100 Å². The van der Waals surface area contributed by atoms with Crippen molar-refractivity contribution in [2.75, 3.05) is 26.7 Å². The van der Waals surface area contributed by atoms with Gasteiger partial charge in [0.15, 0.2) is 0 Å². The number of ether oxygens (including phenoxy) is 1.